The van der Waals surface area contributed by atoms with Gasteiger partial charge in [0.25, 0.3) is 0 Å². The zero-order chi connectivity index (χ0) is 11.7. The highest BCUT2D eigenvalue weighted by Gasteiger charge is 1.94. The summed E-state index contributed by atoms with van der Waals surface area (Å²) in [5, 5.41) is 3.13. The molecule has 0 rings (SSSR count). The molecule has 82 valence electrons. The van der Waals surface area contributed by atoms with E-state index >= 15 is 0 Å². The lowest BCUT2D eigenvalue weighted by Crippen LogP contribution is -2.13. The van der Waals surface area contributed by atoms with Gasteiger partial charge in [0.2, 0.25) is 0 Å². The third-order valence-corrected chi connectivity index (χ3v) is 1.65. The standard InChI is InChI=1S/C13H20N2/c1-5-7-8-10-11(3)15-13(9-6-2)12(4)14/h5-10,15H,3,14H2,1-2,4H3/b7-5-,9-6-,10-8-,13-12-. The summed E-state index contributed by atoms with van der Waals surface area (Å²) in [6, 6.07) is 0. The van der Waals surface area contributed by atoms with Crippen molar-refractivity contribution in [2.75, 3.05) is 0 Å². The van der Waals surface area contributed by atoms with Gasteiger partial charge in [0, 0.05) is 11.4 Å². The van der Waals surface area contributed by atoms with Crippen molar-refractivity contribution in [3.8, 4) is 0 Å². The van der Waals surface area contributed by atoms with Crippen molar-refractivity contribution in [2.24, 2.45) is 5.73 Å². The molecule has 0 bridgehead atoms. The van der Waals surface area contributed by atoms with Gasteiger partial charge < -0.3 is 11.1 Å². The maximum absolute atomic E-state index is 5.71. The Labute approximate surface area is 92.6 Å². The van der Waals surface area contributed by atoms with Gasteiger partial charge in [-0.05, 0) is 32.9 Å². The second-order valence-corrected chi connectivity index (χ2v) is 3.13. The quantitative estimate of drug-likeness (QED) is 0.676. The predicted molar refractivity (Wildman–Crippen MR) is 67.9 cm³/mol. The topological polar surface area (TPSA) is 38.0 Å². The Morgan fingerprint density at radius 1 is 1.13 bits per heavy atom. The van der Waals surface area contributed by atoms with Crippen LogP contribution in [0.1, 0.15) is 20.8 Å². The molecule has 0 aromatic heterocycles. The Bertz CT molecular complexity index is 313. The highest BCUT2D eigenvalue weighted by Crippen LogP contribution is 2.01. The van der Waals surface area contributed by atoms with Crippen molar-refractivity contribution in [1.82, 2.24) is 5.32 Å². The Kier molecular flexibility index (Phi) is 6.81. The molecule has 0 unspecified atom stereocenters. The Balaban J connectivity index is 4.45. The highest BCUT2D eigenvalue weighted by atomic mass is 14.9. The Morgan fingerprint density at radius 2 is 1.80 bits per heavy atom. The summed E-state index contributed by atoms with van der Waals surface area (Å²) in [6.45, 7) is 9.64. The molecule has 0 aliphatic carbocycles. The van der Waals surface area contributed by atoms with E-state index in [0.29, 0.717) is 0 Å². The fourth-order valence-electron chi connectivity index (χ4n) is 0.936. The maximum Gasteiger partial charge on any atom is 0.0568 e. The lowest BCUT2D eigenvalue weighted by molar-refractivity contribution is 1.01. The molecular weight excluding hydrogens is 184 g/mol. The summed E-state index contributed by atoms with van der Waals surface area (Å²) < 4.78 is 0. The molecule has 0 amide bonds. The van der Waals surface area contributed by atoms with Crippen LogP contribution in [0.25, 0.3) is 0 Å². The van der Waals surface area contributed by atoms with E-state index in [4.69, 9.17) is 5.73 Å². The van der Waals surface area contributed by atoms with Crippen LogP contribution in [0.3, 0.4) is 0 Å². The third kappa shape index (κ3) is 6.38. The molecule has 15 heavy (non-hydrogen) atoms. The molecule has 2 heteroatoms. The molecule has 0 radical (unpaired) electrons. The normalized spacial score (nSPS) is 13.8. The van der Waals surface area contributed by atoms with Crippen LogP contribution in [0.2, 0.25) is 0 Å². The molecule has 0 heterocycles. The molecule has 0 aliphatic rings. The molecule has 0 atom stereocenters. The van der Waals surface area contributed by atoms with Crippen LogP contribution in [-0.2, 0) is 0 Å². The molecule has 0 spiro atoms. The van der Waals surface area contributed by atoms with Crippen molar-refractivity contribution < 1.29 is 0 Å². The van der Waals surface area contributed by atoms with Gasteiger partial charge in [-0.25, -0.2) is 0 Å². The van der Waals surface area contributed by atoms with Crippen LogP contribution >= 0.6 is 0 Å². The molecule has 0 aromatic rings. The van der Waals surface area contributed by atoms with E-state index in [0.717, 1.165) is 17.1 Å². The van der Waals surface area contributed by atoms with E-state index in [1.54, 1.807) is 0 Å². The van der Waals surface area contributed by atoms with Gasteiger partial charge in [-0.1, -0.05) is 30.9 Å². The molecular formula is C13H20N2. The third-order valence-electron chi connectivity index (χ3n) is 1.65. The van der Waals surface area contributed by atoms with Gasteiger partial charge in [-0.3, -0.25) is 0 Å². The van der Waals surface area contributed by atoms with Gasteiger partial charge in [0.05, 0.1) is 5.70 Å². The summed E-state index contributed by atoms with van der Waals surface area (Å²) in [5.74, 6) is 0. The van der Waals surface area contributed by atoms with Gasteiger partial charge in [0.1, 0.15) is 0 Å². The van der Waals surface area contributed by atoms with E-state index in [2.05, 4.69) is 11.9 Å². The molecule has 0 aliphatic heterocycles. The van der Waals surface area contributed by atoms with E-state index < -0.39 is 0 Å². The molecule has 0 aromatic carbocycles. The van der Waals surface area contributed by atoms with Crippen LogP contribution < -0.4 is 11.1 Å². The number of rotatable bonds is 5. The van der Waals surface area contributed by atoms with Crippen LogP contribution in [-0.4, -0.2) is 0 Å². The summed E-state index contributed by atoms with van der Waals surface area (Å²) >= 11 is 0. The summed E-state index contributed by atoms with van der Waals surface area (Å²) in [5.41, 5.74) is 8.15. The number of nitrogens with two attached hydrogens (primary N) is 1. The van der Waals surface area contributed by atoms with Gasteiger partial charge in [0.15, 0.2) is 0 Å². The average molecular weight is 204 g/mol. The molecule has 0 saturated heterocycles. The minimum absolute atomic E-state index is 0.744. The second kappa shape index (κ2) is 7.68. The van der Waals surface area contributed by atoms with Crippen LogP contribution in [0.15, 0.2) is 60.1 Å². The fourth-order valence-corrected chi connectivity index (χ4v) is 0.936. The Morgan fingerprint density at radius 3 is 2.27 bits per heavy atom. The molecule has 0 saturated carbocycles. The van der Waals surface area contributed by atoms with Crippen molar-refractivity contribution >= 4 is 0 Å². The first-order chi connectivity index (χ1) is 7.11. The van der Waals surface area contributed by atoms with Crippen LogP contribution in [0, 0.1) is 0 Å². The molecule has 0 fully saturated rings. The van der Waals surface area contributed by atoms with Crippen molar-refractivity contribution in [1.29, 1.82) is 0 Å². The summed E-state index contributed by atoms with van der Waals surface area (Å²) in [7, 11) is 0. The summed E-state index contributed by atoms with van der Waals surface area (Å²) in [6.07, 6.45) is 11.6. The highest BCUT2D eigenvalue weighted by molar-refractivity contribution is 5.29. The smallest absolute Gasteiger partial charge is 0.0568 e. The van der Waals surface area contributed by atoms with Crippen LogP contribution in [0.5, 0.6) is 0 Å². The van der Waals surface area contributed by atoms with E-state index in [9.17, 15) is 0 Å². The zero-order valence-electron chi connectivity index (χ0n) is 9.75. The maximum atomic E-state index is 5.71. The van der Waals surface area contributed by atoms with Gasteiger partial charge in [-0.15, -0.1) is 0 Å². The van der Waals surface area contributed by atoms with E-state index in [1.165, 1.54) is 0 Å². The number of hydrogen-bond acceptors (Lipinski definition) is 2. The monoisotopic (exact) mass is 204 g/mol. The van der Waals surface area contributed by atoms with Crippen molar-refractivity contribution in [3.63, 3.8) is 0 Å². The largest absolute Gasteiger partial charge is 0.401 e. The van der Waals surface area contributed by atoms with Gasteiger partial charge in [-0.2, -0.15) is 0 Å². The first-order valence-electron chi connectivity index (χ1n) is 4.96. The van der Waals surface area contributed by atoms with Crippen LogP contribution in [0.4, 0.5) is 0 Å². The molecule has 3 N–H and O–H groups in total. The van der Waals surface area contributed by atoms with Gasteiger partial charge >= 0.3 is 0 Å². The molecule has 2 nitrogen and oxygen atoms in total. The first-order valence-corrected chi connectivity index (χ1v) is 4.96. The lowest BCUT2D eigenvalue weighted by Gasteiger charge is -2.08. The first kappa shape index (κ1) is 13.3. The van der Waals surface area contributed by atoms with E-state index in [-0.39, 0.29) is 0 Å². The lowest BCUT2D eigenvalue weighted by atomic mass is 10.3. The van der Waals surface area contributed by atoms with Crippen molar-refractivity contribution in [2.45, 2.75) is 20.8 Å². The number of nitrogens with one attached hydrogen (secondary N) is 1. The second-order valence-electron chi connectivity index (χ2n) is 3.13. The minimum atomic E-state index is 0.744. The van der Waals surface area contributed by atoms with Crippen molar-refractivity contribution in [3.05, 3.63) is 60.1 Å². The Hall–Kier alpha value is -1.70. The average Bonchev–Trinajstić information content (AvgIpc) is 2.17. The fraction of sp³-hybridized carbons (Fsp3) is 0.231. The SMILES string of the molecule is C=C(/C=C\C=C/C)NC(/C=C\C)=C(/C)N. The summed E-state index contributed by atoms with van der Waals surface area (Å²) in [4.78, 5) is 0. The minimum Gasteiger partial charge on any atom is -0.401 e. The van der Waals surface area contributed by atoms with E-state index in [1.807, 2.05) is 57.2 Å². The number of hydrogen-bond donors (Lipinski definition) is 2. The predicted octanol–water partition coefficient (Wildman–Crippen LogP) is 2.99. The number of allylic oxidation sites excluding steroid dienone is 7. The zero-order valence-corrected chi connectivity index (χ0v) is 9.75.